The zero-order valence-electron chi connectivity index (χ0n) is 15.5. The van der Waals surface area contributed by atoms with E-state index >= 15 is 0 Å². The lowest BCUT2D eigenvalue weighted by atomic mass is 10.0. The Kier molecular flexibility index (Phi) is 5.29. The molecule has 1 atom stereocenters. The highest BCUT2D eigenvalue weighted by atomic mass is 31.1. The van der Waals surface area contributed by atoms with Crippen LogP contribution in [0.4, 0.5) is 5.69 Å². The predicted octanol–water partition coefficient (Wildman–Crippen LogP) is 5.28. The van der Waals surface area contributed by atoms with E-state index < -0.39 is 7.92 Å². The van der Waals surface area contributed by atoms with Crippen molar-refractivity contribution in [2.75, 3.05) is 7.11 Å². The van der Waals surface area contributed by atoms with Crippen LogP contribution in [0.1, 0.15) is 12.5 Å². The maximum Gasteiger partial charge on any atom is 0.0969 e. The molecule has 1 heterocycles. The number of nitrogens with zero attached hydrogens (tertiary/aromatic N) is 1. The van der Waals surface area contributed by atoms with Gasteiger partial charge >= 0.3 is 0 Å². The Bertz CT molecular complexity index is 940. The Morgan fingerprint density at radius 2 is 1.37 bits per heavy atom. The lowest BCUT2D eigenvalue weighted by Gasteiger charge is -2.18. The van der Waals surface area contributed by atoms with Crippen molar-refractivity contribution in [2.24, 2.45) is 4.99 Å². The molecule has 0 amide bonds. The van der Waals surface area contributed by atoms with Gasteiger partial charge in [0.15, 0.2) is 0 Å². The molecule has 0 bridgehead atoms. The lowest BCUT2D eigenvalue weighted by Crippen LogP contribution is -2.19. The summed E-state index contributed by atoms with van der Waals surface area (Å²) < 4.78 is 5.62. The second-order valence-corrected chi connectivity index (χ2v) is 8.51. The van der Waals surface area contributed by atoms with Gasteiger partial charge in [-0.2, -0.15) is 0 Å². The SMILES string of the molecule is COC(C)C1=Nc2ccccc2C1=CP(c1ccccc1)c1ccccc1. The van der Waals surface area contributed by atoms with Gasteiger partial charge in [0.2, 0.25) is 0 Å². The van der Waals surface area contributed by atoms with Crippen LogP contribution in [0.5, 0.6) is 0 Å². The van der Waals surface area contributed by atoms with E-state index in [1.165, 1.54) is 21.7 Å². The van der Waals surface area contributed by atoms with Gasteiger partial charge in [-0.15, -0.1) is 0 Å². The second kappa shape index (κ2) is 8.00. The minimum Gasteiger partial charge on any atom is -0.375 e. The monoisotopic (exact) mass is 371 g/mol. The van der Waals surface area contributed by atoms with Crippen LogP contribution in [0.25, 0.3) is 5.57 Å². The molecule has 0 spiro atoms. The van der Waals surface area contributed by atoms with Crippen LogP contribution in [-0.4, -0.2) is 18.9 Å². The Morgan fingerprint density at radius 3 is 1.96 bits per heavy atom. The molecule has 4 rings (SSSR count). The summed E-state index contributed by atoms with van der Waals surface area (Å²) in [5.41, 5.74) is 4.42. The summed E-state index contributed by atoms with van der Waals surface area (Å²) in [6.07, 6.45) is -0.0490. The largest absolute Gasteiger partial charge is 0.375 e. The number of hydrogen-bond acceptors (Lipinski definition) is 2. The average Bonchev–Trinajstić information content (AvgIpc) is 3.11. The highest BCUT2D eigenvalue weighted by Gasteiger charge is 2.26. The van der Waals surface area contributed by atoms with Crippen molar-refractivity contribution >= 4 is 35.5 Å². The number of aliphatic imine (C=N–C) groups is 1. The van der Waals surface area contributed by atoms with Crippen LogP contribution in [0.2, 0.25) is 0 Å². The molecule has 0 saturated carbocycles. The first-order valence-electron chi connectivity index (χ1n) is 9.10. The van der Waals surface area contributed by atoms with Crippen molar-refractivity contribution in [3.8, 4) is 0 Å². The lowest BCUT2D eigenvalue weighted by molar-refractivity contribution is 0.172. The van der Waals surface area contributed by atoms with E-state index in [0.717, 1.165) is 11.4 Å². The molecule has 134 valence electrons. The molecule has 0 saturated heterocycles. The summed E-state index contributed by atoms with van der Waals surface area (Å²) in [4.78, 5) is 4.88. The van der Waals surface area contributed by atoms with Gasteiger partial charge in [-0.1, -0.05) is 78.9 Å². The van der Waals surface area contributed by atoms with E-state index in [9.17, 15) is 0 Å². The summed E-state index contributed by atoms with van der Waals surface area (Å²) >= 11 is 0. The highest BCUT2D eigenvalue weighted by Crippen LogP contribution is 2.44. The smallest absolute Gasteiger partial charge is 0.0969 e. The molecule has 1 aliphatic rings. The van der Waals surface area contributed by atoms with Crippen LogP contribution in [0, 0.1) is 0 Å². The molecule has 1 unspecified atom stereocenters. The third kappa shape index (κ3) is 3.64. The van der Waals surface area contributed by atoms with E-state index in [1.54, 1.807) is 7.11 Å². The van der Waals surface area contributed by atoms with Crippen molar-refractivity contribution in [1.82, 2.24) is 0 Å². The van der Waals surface area contributed by atoms with Gasteiger partial charge in [-0.05, 0) is 37.3 Å². The Labute approximate surface area is 162 Å². The molecule has 3 aromatic rings. The number of methoxy groups -OCH3 is 1. The molecule has 3 aromatic carbocycles. The van der Waals surface area contributed by atoms with Crippen LogP contribution >= 0.6 is 7.92 Å². The van der Waals surface area contributed by atoms with Crippen LogP contribution in [0.15, 0.2) is 95.7 Å². The van der Waals surface area contributed by atoms with Crippen LogP contribution < -0.4 is 10.6 Å². The number of hydrogen-bond donors (Lipinski definition) is 0. The number of benzene rings is 3. The topological polar surface area (TPSA) is 21.6 Å². The standard InChI is InChI=1S/C24H22NOP/c1-18(26-2)24-22(21-15-9-10-16-23(21)25-24)17-27(19-11-5-3-6-12-19)20-13-7-4-8-14-20/h3-18H,1-2H3. The third-order valence-electron chi connectivity index (χ3n) is 4.78. The zero-order chi connectivity index (χ0) is 18.6. The quantitative estimate of drug-likeness (QED) is 0.559. The second-order valence-electron chi connectivity index (χ2n) is 6.48. The fraction of sp³-hybridized carbons (Fsp3) is 0.125. The summed E-state index contributed by atoms with van der Waals surface area (Å²) in [5, 5.41) is 2.67. The molecule has 0 fully saturated rings. The van der Waals surface area contributed by atoms with Gasteiger partial charge in [0.1, 0.15) is 0 Å². The number of ether oxygens (including phenoxy) is 1. The number of fused-ring (bicyclic) bond motifs is 1. The minimum absolute atomic E-state index is 0.0490. The van der Waals surface area contributed by atoms with Gasteiger partial charge in [0, 0.05) is 18.2 Å². The normalized spacial score (nSPS) is 15.7. The molecule has 27 heavy (non-hydrogen) atoms. The van der Waals surface area contributed by atoms with Crippen molar-refractivity contribution in [3.63, 3.8) is 0 Å². The predicted molar refractivity (Wildman–Crippen MR) is 117 cm³/mol. The Morgan fingerprint density at radius 1 is 0.815 bits per heavy atom. The maximum absolute atomic E-state index is 5.62. The van der Waals surface area contributed by atoms with Crippen molar-refractivity contribution < 1.29 is 4.74 Å². The van der Waals surface area contributed by atoms with Gasteiger partial charge in [0.05, 0.1) is 17.5 Å². The van der Waals surface area contributed by atoms with Gasteiger partial charge in [0.25, 0.3) is 0 Å². The molecule has 3 heteroatoms. The molecule has 2 nitrogen and oxygen atoms in total. The number of para-hydroxylation sites is 1. The highest BCUT2D eigenvalue weighted by molar-refractivity contribution is 7.76. The molecule has 0 aromatic heterocycles. The maximum atomic E-state index is 5.62. The Balaban J connectivity index is 1.87. The van der Waals surface area contributed by atoms with Crippen molar-refractivity contribution in [3.05, 3.63) is 96.3 Å². The molecular weight excluding hydrogens is 349 g/mol. The fourth-order valence-electron chi connectivity index (χ4n) is 3.29. The fourth-order valence-corrected chi connectivity index (χ4v) is 5.40. The molecule has 1 aliphatic heterocycles. The van der Waals surface area contributed by atoms with Crippen LogP contribution in [-0.2, 0) is 4.74 Å². The minimum atomic E-state index is -0.641. The average molecular weight is 371 g/mol. The van der Waals surface area contributed by atoms with Gasteiger partial charge < -0.3 is 4.74 Å². The molecular formula is C24H22NOP. The zero-order valence-corrected chi connectivity index (χ0v) is 16.4. The van der Waals surface area contributed by atoms with Crippen LogP contribution in [0.3, 0.4) is 0 Å². The van der Waals surface area contributed by atoms with E-state index in [-0.39, 0.29) is 6.10 Å². The first-order valence-corrected chi connectivity index (χ1v) is 10.5. The summed E-state index contributed by atoms with van der Waals surface area (Å²) in [7, 11) is 1.10. The summed E-state index contributed by atoms with van der Waals surface area (Å²) in [5.74, 6) is 2.40. The van der Waals surface area contributed by atoms with E-state index in [2.05, 4.69) is 91.6 Å². The van der Waals surface area contributed by atoms with E-state index in [4.69, 9.17) is 9.73 Å². The van der Waals surface area contributed by atoms with E-state index in [1.807, 2.05) is 6.07 Å². The first-order chi connectivity index (χ1) is 13.3. The van der Waals surface area contributed by atoms with Gasteiger partial charge in [-0.25, -0.2) is 4.99 Å². The summed E-state index contributed by atoms with van der Waals surface area (Å²) in [6.45, 7) is 2.06. The first kappa shape index (κ1) is 17.9. The third-order valence-corrected chi connectivity index (χ3v) is 7.00. The van der Waals surface area contributed by atoms with Crippen molar-refractivity contribution in [2.45, 2.75) is 13.0 Å². The van der Waals surface area contributed by atoms with E-state index in [0.29, 0.717) is 0 Å². The molecule has 0 N–H and O–H groups in total. The van der Waals surface area contributed by atoms with Gasteiger partial charge in [-0.3, -0.25) is 0 Å². The summed E-state index contributed by atoms with van der Waals surface area (Å²) in [6, 6.07) is 29.8. The molecule has 0 radical (unpaired) electrons. The number of rotatable bonds is 5. The van der Waals surface area contributed by atoms with Crippen molar-refractivity contribution in [1.29, 1.82) is 0 Å². The molecule has 0 aliphatic carbocycles. The Hall–Kier alpha value is -2.54.